The molecule has 0 fully saturated rings. The Bertz CT molecular complexity index is 947. The molecule has 0 amide bonds. The first kappa shape index (κ1) is 19.9. The van der Waals surface area contributed by atoms with E-state index < -0.39 is 0 Å². The Morgan fingerprint density at radius 1 is 0.964 bits per heavy atom. The number of nitrogens with one attached hydrogen (secondary N) is 2. The molecular weight excluding hydrogens is 390 g/mol. The lowest BCUT2D eigenvalue weighted by atomic mass is 10.2. The molecule has 0 atom stereocenters. The van der Waals surface area contributed by atoms with Crippen LogP contribution in [0.15, 0.2) is 84.0 Å². The number of hydrogen-bond donors (Lipinski definition) is 2. The van der Waals surface area contributed by atoms with Gasteiger partial charge in [0.2, 0.25) is 0 Å². The summed E-state index contributed by atoms with van der Waals surface area (Å²) in [6.45, 7) is 1.10. The number of ether oxygens (including phenoxy) is 1. The summed E-state index contributed by atoms with van der Waals surface area (Å²) in [5.41, 5.74) is 5.89. The molecule has 0 radical (unpaired) electrons. The van der Waals surface area contributed by atoms with E-state index in [1.807, 2.05) is 78.9 Å². The first-order valence-corrected chi connectivity index (χ1v) is 9.56. The Morgan fingerprint density at radius 3 is 2.57 bits per heavy atom. The second-order valence-electron chi connectivity index (χ2n) is 6.03. The van der Waals surface area contributed by atoms with Gasteiger partial charge in [0.15, 0.2) is 5.11 Å². The molecule has 0 aliphatic heterocycles. The van der Waals surface area contributed by atoms with E-state index in [1.165, 1.54) is 0 Å². The fourth-order valence-corrected chi connectivity index (χ4v) is 2.80. The summed E-state index contributed by atoms with van der Waals surface area (Å²) >= 11 is 11.2. The molecule has 142 valence electrons. The maximum absolute atomic E-state index is 6.00. The van der Waals surface area contributed by atoms with Crippen molar-refractivity contribution in [3.8, 4) is 5.75 Å². The van der Waals surface area contributed by atoms with Crippen molar-refractivity contribution in [3.63, 3.8) is 0 Å². The highest BCUT2D eigenvalue weighted by Gasteiger charge is 1.99. The van der Waals surface area contributed by atoms with Gasteiger partial charge in [-0.25, -0.2) is 0 Å². The van der Waals surface area contributed by atoms with Gasteiger partial charge in [-0.1, -0.05) is 66.2 Å². The zero-order chi connectivity index (χ0) is 19.6. The third-order valence-electron chi connectivity index (χ3n) is 3.83. The summed E-state index contributed by atoms with van der Waals surface area (Å²) < 4.78 is 5.82. The number of hydrogen-bond acceptors (Lipinski definition) is 3. The van der Waals surface area contributed by atoms with E-state index in [2.05, 4.69) is 15.8 Å². The van der Waals surface area contributed by atoms with Gasteiger partial charge in [-0.3, -0.25) is 5.43 Å². The van der Waals surface area contributed by atoms with E-state index >= 15 is 0 Å². The van der Waals surface area contributed by atoms with Crippen LogP contribution in [-0.4, -0.2) is 11.3 Å². The minimum absolute atomic E-state index is 0.451. The fraction of sp³-hybridized carbons (Fsp3) is 0.0909. The molecule has 0 unspecified atom stereocenters. The average molecular weight is 410 g/mol. The molecule has 3 aromatic rings. The Labute approximate surface area is 175 Å². The maximum atomic E-state index is 6.00. The van der Waals surface area contributed by atoms with Crippen LogP contribution in [0.1, 0.15) is 16.7 Å². The van der Waals surface area contributed by atoms with E-state index in [0.29, 0.717) is 23.3 Å². The lowest BCUT2D eigenvalue weighted by Crippen LogP contribution is -2.31. The standard InChI is InChI=1S/C22H20ClN3OS/c23-20-10-4-9-19(12-20)16-27-21-11-5-8-18(13-21)15-25-26-22(28)24-14-17-6-2-1-3-7-17/h1-13,15H,14,16H2,(H2,24,26,28)/b25-15+. The molecule has 0 heterocycles. The van der Waals surface area contributed by atoms with E-state index in [0.717, 1.165) is 22.4 Å². The minimum Gasteiger partial charge on any atom is -0.489 e. The molecule has 3 rings (SSSR count). The van der Waals surface area contributed by atoms with Crippen molar-refractivity contribution in [1.29, 1.82) is 0 Å². The third-order valence-corrected chi connectivity index (χ3v) is 4.30. The highest BCUT2D eigenvalue weighted by atomic mass is 35.5. The molecule has 6 heteroatoms. The SMILES string of the molecule is S=C(NCc1ccccc1)N/N=C/c1cccc(OCc2cccc(Cl)c2)c1. The van der Waals surface area contributed by atoms with Gasteiger partial charge in [-0.15, -0.1) is 0 Å². The summed E-state index contributed by atoms with van der Waals surface area (Å²) in [5, 5.41) is 8.45. The van der Waals surface area contributed by atoms with Crippen molar-refractivity contribution in [2.75, 3.05) is 0 Å². The van der Waals surface area contributed by atoms with Gasteiger partial charge in [-0.05, 0) is 53.2 Å². The van der Waals surface area contributed by atoms with Gasteiger partial charge >= 0.3 is 0 Å². The second-order valence-corrected chi connectivity index (χ2v) is 6.87. The summed E-state index contributed by atoms with van der Waals surface area (Å²) in [6.07, 6.45) is 1.70. The summed E-state index contributed by atoms with van der Waals surface area (Å²) in [7, 11) is 0. The zero-order valence-corrected chi connectivity index (χ0v) is 16.7. The van der Waals surface area contributed by atoms with Crippen LogP contribution < -0.4 is 15.5 Å². The van der Waals surface area contributed by atoms with Crippen molar-refractivity contribution in [2.24, 2.45) is 5.10 Å². The van der Waals surface area contributed by atoms with Crippen LogP contribution in [0.25, 0.3) is 0 Å². The van der Waals surface area contributed by atoms with Crippen molar-refractivity contribution >= 4 is 35.1 Å². The number of hydrazone groups is 1. The largest absolute Gasteiger partial charge is 0.489 e. The molecule has 0 aliphatic rings. The van der Waals surface area contributed by atoms with Gasteiger partial charge in [0.05, 0.1) is 6.21 Å². The van der Waals surface area contributed by atoms with Crippen molar-refractivity contribution in [2.45, 2.75) is 13.2 Å². The van der Waals surface area contributed by atoms with Gasteiger partial charge < -0.3 is 10.1 Å². The van der Waals surface area contributed by atoms with E-state index in [1.54, 1.807) is 6.21 Å². The van der Waals surface area contributed by atoms with Crippen LogP contribution >= 0.6 is 23.8 Å². The van der Waals surface area contributed by atoms with Gasteiger partial charge in [-0.2, -0.15) is 5.10 Å². The Balaban J connectivity index is 1.47. The van der Waals surface area contributed by atoms with E-state index in [-0.39, 0.29) is 0 Å². The normalized spacial score (nSPS) is 10.6. The van der Waals surface area contributed by atoms with E-state index in [4.69, 9.17) is 28.6 Å². The zero-order valence-electron chi connectivity index (χ0n) is 15.1. The molecule has 0 aromatic heterocycles. The van der Waals surface area contributed by atoms with Gasteiger partial charge in [0.1, 0.15) is 12.4 Å². The summed E-state index contributed by atoms with van der Waals surface area (Å²) in [6, 6.07) is 25.3. The highest BCUT2D eigenvalue weighted by Crippen LogP contribution is 2.16. The van der Waals surface area contributed by atoms with Crippen LogP contribution in [0.5, 0.6) is 5.75 Å². The molecule has 0 spiro atoms. The van der Waals surface area contributed by atoms with Crippen LogP contribution in [0, 0.1) is 0 Å². The average Bonchev–Trinajstić information content (AvgIpc) is 2.72. The topological polar surface area (TPSA) is 45.7 Å². The predicted octanol–water partition coefficient (Wildman–Crippen LogP) is 4.92. The molecule has 0 saturated heterocycles. The first-order valence-electron chi connectivity index (χ1n) is 8.77. The molecule has 4 nitrogen and oxygen atoms in total. The minimum atomic E-state index is 0.451. The third kappa shape index (κ3) is 6.68. The highest BCUT2D eigenvalue weighted by molar-refractivity contribution is 7.80. The van der Waals surface area contributed by atoms with Gasteiger partial charge in [0, 0.05) is 11.6 Å². The Kier molecular flexibility index (Phi) is 7.41. The predicted molar refractivity (Wildman–Crippen MR) is 119 cm³/mol. The molecule has 0 bridgehead atoms. The van der Waals surface area contributed by atoms with Crippen LogP contribution in [0.3, 0.4) is 0 Å². The van der Waals surface area contributed by atoms with E-state index in [9.17, 15) is 0 Å². The number of rotatable bonds is 7. The number of halogens is 1. The number of benzene rings is 3. The quantitative estimate of drug-likeness (QED) is 0.330. The van der Waals surface area contributed by atoms with Crippen LogP contribution in [0.4, 0.5) is 0 Å². The number of thiocarbonyl (C=S) groups is 1. The lowest BCUT2D eigenvalue weighted by Gasteiger charge is -2.08. The molecule has 0 aliphatic carbocycles. The molecule has 2 N–H and O–H groups in total. The monoisotopic (exact) mass is 409 g/mol. The smallest absolute Gasteiger partial charge is 0.187 e. The van der Waals surface area contributed by atoms with Crippen LogP contribution in [0.2, 0.25) is 5.02 Å². The summed E-state index contributed by atoms with van der Waals surface area (Å²) in [4.78, 5) is 0. The number of nitrogens with zero attached hydrogens (tertiary/aromatic N) is 1. The Hall–Kier alpha value is -2.89. The summed E-state index contributed by atoms with van der Waals surface area (Å²) in [5.74, 6) is 0.758. The van der Waals surface area contributed by atoms with Gasteiger partial charge in [0.25, 0.3) is 0 Å². The van der Waals surface area contributed by atoms with Crippen molar-refractivity contribution in [3.05, 3.63) is 101 Å². The first-order chi connectivity index (χ1) is 13.7. The second kappa shape index (κ2) is 10.4. The molecule has 3 aromatic carbocycles. The van der Waals surface area contributed by atoms with Crippen LogP contribution in [-0.2, 0) is 13.2 Å². The Morgan fingerprint density at radius 2 is 1.75 bits per heavy atom. The lowest BCUT2D eigenvalue weighted by molar-refractivity contribution is 0.306. The molecule has 0 saturated carbocycles. The molecular formula is C22H20ClN3OS. The van der Waals surface area contributed by atoms with Crippen molar-refractivity contribution < 1.29 is 4.74 Å². The fourth-order valence-electron chi connectivity index (χ4n) is 2.46. The molecule has 28 heavy (non-hydrogen) atoms. The van der Waals surface area contributed by atoms with Crippen molar-refractivity contribution in [1.82, 2.24) is 10.7 Å². The maximum Gasteiger partial charge on any atom is 0.187 e.